The molecule has 1 heterocycles. The van der Waals surface area contributed by atoms with Crippen LogP contribution in [0.5, 0.6) is 10.9 Å². The number of anilines is 1. The quantitative estimate of drug-likeness (QED) is 0.280. The lowest BCUT2D eigenvalue weighted by Gasteiger charge is -2.12. The summed E-state index contributed by atoms with van der Waals surface area (Å²) in [7, 11) is 0. The third-order valence-corrected chi connectivity index (χ3v) is 5.30. The Bertz CT molecular complexity index is 828. The second kappa shape index (κ2) is 14.4. The van der Waals surface area contributed by atoms with E-state index >= 15 is 0 Å². The van der Waals surface area contributed by atoms with Crippen LogP contribution in [-0.4, -0.2) is 54.3 Å². The van der Waals surface area contributed by atoms with Gasteiger partial charge in [0, 0.05) is 25.1 Å². The Balaban J connectivity index is 1.55. The molecule has 9 nitrogen and oxygen atoms in total. The molecule has 1 aromatic carbocycles. The van der Waals surface area contributed by atoms with Gasteiger partial charge in [-0.1, -0.05) is 37.5 Å². The molecule has 0 saturated carbocycles. The van der Waals surface area contributed by atoms with Crippen molar-refractivity contribution in [3.63, 3.8) is 0 Å². The summed E-state index contributed by atoms with van der Waals surface area (Å²) in [5.41, 5.74) is 5.62. The lowest BCUT2D eigenvalue weighted by molar-refractivity contribution is -0.116. The number of hydrogen-bond acceptors (Lipinski definition) is 8. The topological polar surface area (TPSA) is 136 Å². The van der Waals surface area contributed by atoms with Gasteiger partial charge in [-0.15, -0.1) is 0 Å². The number of hydrogen-bond donors (Lipinski definition) is 4. The van der Waals surface area contributed by atoms with Crippen LogP contribution in [-0.2, 0) is 4.79 Å². The zero-order chi connectivity index (χ0) is 23.2. The number of aliphatic hydroxyl groups excluding tert-OH is 1. The smallest absolute Gasteiger partial charge is 0.275 e. The Hall–Kier alpha value is -2.69. The third kappa shape index (κ3) is 10.1. The second-order valence-corrected chi connectivity index (χ2v) is 8.25. The number of aromatic nitrogens is 1. The van der Waals surface area contributed by atoms with Crippen LogP contribution in [0.2, 0.25) is 0 Å². The minimum atomic E-state index is -0.717. The number of thiazole rings is 1. The molecule has 2 rings (SSSR count). The van der Waals surface area contributed by atoms with Crippen molar-refractivity contribution in [2.24, 2.45) is 5.73 Å². The fourth-order valence-electron chi connectivity index (χ4n) is 2.75. The lowest BCUT2D eigenvalue weighted by Crippen LogP contribution is -2.33. The minimum Gasteiger partial charge on any atom is -0.492 e. The predicted octanol–water partition coefficient (Wildman–Crippen LogP) is 2.56. The van der Waals surface area contributed by atoms with Crippen molar-refractivity contribution in [1.29, 1.82) is 0 Å². The van der Waals surface area contributed by atoms with Gasteiger partial charge in [-0.3, -0.25) is 9.59 Å². The molecule has 0 saturated heterocycles. The molecular weight excluding hydrogens is 432 g/mol. The first-order valence-electron chi connectivity index (χ1n) is 10.8. The number of unbranched alkanes of at least 4 members (excludes halogenated alkanes) is 3. The van der Waals surface area contributed by atoms with Crippen LogP contribution in [0.25, 0.3) is 0 Å². The van der Waals surface area contributed by atoms with E-state index in [1.54, 1.807) is 30.5 Å². The van der Waals surface area contributed by atoms with E-state index < -0.39 is 12.0 Å². The van der Waals surface area contributed by atoms with Crippen molar-refractivity contribution in [2.45, 2.75) is 45.1 Å². The molecule has 0 aliphatic heterocycles. The lowest BCUT2D eigenvalue weighted by atomic mass is 10.1. The van der Waals surface area contributed by atoms with Crippen molar-refractivity contribution in [1.82, 2.24) is 10.3 Å². The standard InChI is InChI=1S/C22H32N4O5S/c1-2-3-4-5-6-19(28)26-20-14-25-22(32-20)31-15-17(27)13-24-11-12-30-18-9-7-16(8-10-18)21(23)29/h7-10,14,17,24,27H,2-6,11-13,15H2,1H3,(H2,23,29)(H,26,28). The van der Waals surface area contributed by atoms with Gasteiger partial charge in [-0.05, 0) is 30.7 Å². The molecule has 1 atom stereocenters. The maximum atomic E-state index is 11.9. The van der Waals surface area contributed by atoms with Gasteiger partial charge in [0.15, 0.2) is 0 Å². The number of aliphatic hydroxyl groups is 1. The molecule has 1 aromatic heterocycles. The van der Waals surface area contributed by atoms with Gasteiger partial charge in [0.25, 0.3) is 5.19 Å². The second-order valence-electron chi connectivity index (χ2n) is 7.26. The van der Waals surface area contributed by atoms with Crippen LogP contribution in [0.1, 0.15) is 49.4 Å². The molecule has 0 aliphatic carbocycles. The first-order valence-corrected chi connectivity index (χ1v) is 11.6. The normalized spacial score (nSPS) is 11.7. The van der Waals surface area contributed by atoms with Crippen LogP contribution < -0.4 is 25.8 Å². The molecule has 0 bridgehead atoms. The van der Waals surface area contributed by atoms with E-state index in [1.807, 2.05) is 0 Å². The highest BCUT2D eigenvalue weighted by molar-refractivity contribution is 7.17. The number of nitrogens with one attached hydrogen (secondary N) is 2. The maximum absolute atomic E-state index is 11.9. The minimum absolute atomic E-state index is 0.0217. The fraction of sp³-hybridized carbons (Fsp3) is 0.500. The van der Waals surface area contributed by atoms with E-state index in [0.717, 1.165) is 25.7 Å². The third-order valence-electron chi connectivity index (χ3n) is 4.47. The molecule has 176 valence electrons. The van der Waals surface area contributed by atoms with E-state index in [9.17, 15) is 14.7 Å². The Labute approximate surface area is 192 Å². The van der Waals surface area contributed by atoms with Gasteiger partial charge >= 0.3 is 0 Å². The van der Waals surface area contributed by atoms with Crippen molar-refractivity contribution in [2.75, 3.05) is 31.6 Å². The number of benzene rings is 1. The summed E-state index contributed by atoms with van der Waals surface area (Å²) in [6.07, 6.45) is 5.56. The number of carbonyl (C=O) groups excluding carboxylic acids is 2. The van der Waals surface area contributed by atoms with Crippen molar-refractivity contribution in [3.8, 4) is 10.9 Å². The maximum Gasteiger partial charge on any atom is 0.275 e. The van der Waals surface area contributed by atoms with Crippen LogP contribution in [0.4, 0.5) is 5.00 Å². The number of rotatable bonds is 16. The Morgan fingerprint density at radius 3 is 2.69 bits per heavy atom. The SMILES string of the molecule is CCCCCCC(=O)Nc1cnc(OCC(O)CNCCOc2ccc(C(N)=O)cc2)s1. The molecule has 0 radical (unpaired) electrons. The first-order chi connectivity index (χ1) is 15.5. The summed E-state index contributed by atoms with van der Waals surface area (Å²) in [5.74, 6) is 0.130. The van der Waals surface area contributed by atoms with Gasteiger partial charge < -0.3 is 30.9 Å². The molecule has 0 fully saturated rings. The Kier molecular flexibility index (Phi) is 11.5. The highest BCUT2D eigenvalue weighted by Crippen LogP contribution is 2.25. The largest absolute Gasteiger partial charge is 0.492 e. The molecule has 2 aromatic rings. The Morgan fingerprint density at radius 2 is 1.97 bits per heavy atom. The Morgan fingerprint density at radius 1 is 1.19 bits per heavy atom. The van der Waals surface area contributed by atoms with Gasteiger partial charge in [-0.2, -0.15) is 0 Å². The number of nitrogens with zero attached hydrogens (tertiary/aromatic N) is 1. The molecule has 32 heavy (non-hydrogen) atoms. The van der Waals surface area contributed by atoms with Crippen LogP contribution in [0.15, 0.2) is 30.5 Å². The number of ether oxygens (including phenoxy) is 2. The van der Waals surface area contributed by atoms with Crippen LogP contribution >= 0.6 is 11.3 Å². The van der Waals surface area contributed by atoms with Crippen LogP contribution in [0.3, 0.4) is 0 Å². The fourth-order valence-corrected chi connectivity index (χ4v) is 3.44. The van der Waals surface area contributed by atoms with Crippen LogP contribution in [0, 0.1) is 0 Å². The van der Waals surface area contributed by atoms with E-state index in [4.69, 9.17) is 15.2 Å². The number of amides is 2. The molecule has 0 aliphatic rings. The van der Waals surface area contributed by atoms with Gasteiger partial charge in [0.1, 0.15) is 30.1 Å². The van der Waals surface area contributed by atoms with E-state index in [1.165, 1.54) is 11.3 Å². The number of primary amides is 1. The monoisotopic (exact) mass is 464 g/mol. The zero-order valence-corrected chi connectivity index (χ0v) is 19.2. The molecule has 1 unspecified atom stereocenters. The molecule has 10 heteroatoms. The van der Waals surface area contributed by atoms with Crippen molar-refractivity contribution >= 4 is 28.2 Å². The molecule has 2 amide bonds. The number of carbonyl (C=O) groups is 2. The van der Waals surface area contributed by atoms with E-state index in [0.29, 0.717) is 47.6 Å². The summed E-state index contributed by atoms with van der Waals surface area (Å²) in [5, 5.41) is 17.0. The summed E-state index contributed by atoms with van der Waals surface area (Å²) in [6, 6.07) is 6.57. The molecular formula is C22H32N4O5S. The van der Waals surface area contributed by atoms with Crippen molar-refractivity contribution < 1.29 is 24.2 Å². The molecule has 5 N–H and O–H groups in total. The summed E-state index contributed by atoms with van der Waals surface area (Å²) in [4.78, 5) is 27.1. The number of nitrogens with two attached hydrogens (primary N) is 1. The van der Waals surface area contributed by atoms with Gasteiger partial charge in [0.05, 0.1) is 6.20 Å². The van der Waals surface area contributed by atoms with E-state index in [2.05, 4.69) is 22.5 Å². The van der Waals surface area contributed by atoms with E-state index in [-0.39, 0.29) is 12.5 Å². The average molecular weight is 465 g/mol. The van der Waals surface area contributed by atoms with Gasteiger partial charge in [-0.25, -0.2) is 4.98 Å². The zero-order valence-electron chi connectivity index (χ0n) is 18.3. The summed E-state index contributed by atoms with van der Waals surface area (Å²) >= 11 is 1.23. The highest BCUT2D eigenvalue weighted by atomic mass is 32.1. The van der Waals surface area contributed by atoms with Gasteiger partial charge in [0.2, 0.25) is 11.8 Å². The predicted molar refractivity (Wildman–Crippen MR) is 124 cm³/mol. The highest BCUT2D eigenvalue weighted by Gasteiger charge is 2.10. The summed E-state index contributed by atoms with van der Waals surface area (Å²) in [6.45, 7) is 3.48. The molecule has 0 spiro atoms. The summed E-state index contributed by atoms with van der Waals surface area (Å²) < 4.78 is 11.0. The average Bonchev–Trinajstić information content (AvgIpc) is 3.22. The first kappa shape index (κ1) is 25.6. The van der Waals surface area contributed by atoms with Crippen molar-refractivity contribution in [3.05, 3.63) is 36.0 Å².